The SMILES string of the molecule is CC(C)(C)OC(=O)N1C2CCCC1CC(C(=O)c1cccnc1F)C2. The number of halogens is 1. The number of ether oxygens (including phenoxy) is 1. The van der Waals surface area contributed by atoms with Crippen molar-refractivity contribution >= 4 is 11.9 Å². The summed E-state index contributed by atoms with van der Waals surface area (Å²) in [6.45, 7) is 5.55. The number of pyridine rings is 1. The highest BCUT2D eigenvalue weighted by molar-refractivity contribution is 5.98. The fraction of sp³-hybridized carbons (Fsp3) is 0.632. The Hall–Kier alpha value is -1.98. The molecule has 2 atom stereocenters. The number of piperidine rings is 2. The molecule has 1 aromatic rings. The minimum atomic E-state index is -0.716. The zero-order valence-electron chi connectivity index (χ0n) is 15.0. The van der Waals surface area contributed by atoms with Gasteiger partial charge in [-0.2, -0.15) is 4.39 Å². The van der Waals surface area contributed by atoms with Gasteiger partial charge in [-0.15, -0.1) is 0 Å². The summed E-state index contributed by atoms with van der Waals surface area (Å²) in [5.41, 5.74) is -0.493. The fourth-order valence-electron chi connectivity index (χ4n) is 4.00. The lowest BCUT2D eigenvalue weighted by Crippen LogP contribution is -2.56. The molecule has 25 heavy (non-hydrogen) atoms. The van der Waals surface area contributed by atoms with Gasteiger partial charge in [0.2, 0.25) is 5.95 Å². The van der Waals surface area contributed by atoms with Crippen LogP contribution in [0.3, 0.4) is 0 Å². The van der Waals surface area contributed by atoms with Gasteiger partial charge in [-0.1, -0.05) is 0 Å². The van der Waals surface area contributed by atoms with Crippen LogP contribution in [-0.4, -0.2) is 39.4 Å². The molecule has 1 aromatic heterocycles. The molecule has 2 bridgehead atoms. The minimum absolute atomic E-state index is 0.0176. The topological polar surface area (TPSA) is 59.5 Å². The van der Waals surface area contributed by atoms with Crippen molar-refractivity contribution in [3.8, 4) is 0 Å². The highest BCUT2D eigenvalue weighted by Crippen LogP contribution is 2.39. The maximum atomic E-state index is 13.9. The number of rotatable bonds is 2. The molecule has 1 amide bonds. The van der Waals surface area contributed by atoms with Gasteiger partial charge < -0.3 is 9.64 Å². The molecule has 6 heteroatoms. The van der Waals surface area contributed by atoms with E-state index in [9.17, 15) is 14.0 Å². The third kappa shape index (κ3) is 3.83. The van der Waals surface area contributed by atoms with Gasteiger partial charge in [-0.05, 0) is 65.0 Å². The van der Waals surface area contributed by atoms with Crippen LogP contribution in [0.4, 0.5) is 9.18 Å². The average molecular weight is 348 g/mol. The maximum absolute atomic E-state index is 13.9. The first-order valence-corrected chi connectivity index (χ1v) is 8.92. The number of nitrogens with zero attached hydrogens (tertiary/aromatic N) is 2. The molecular formula is C19H25FN2O3. The highest BCUT2D eigenvalue weighted by atomic mass is 19.1. The molecule has 3 heterocycles. The summed E-state index contributed by atoms with van der Waals surface area (Å²) >= 11 is 0. The summed E-state index contributed by atoms with van der Waals surface area (Å²) in [7, 11) is 0. The molecule has 136 valence electrons. The third-order valence-electron chi connectivity index (χ3n) is 4.97. The highest BCUT2D eigenvalue weighted by Gasteiger charge is 2.44. The van der Waals surface area contributed by atoms with Gasteiger partial charge in [0.05, 0.1) is 5.56 Å². The van der Waals surface area contributed by atoms with E-state index in [1.165, 1.54) is 12.3 Å². The van der Waals surface area contributed by atoms with Crippen LogP contribution in [0, 0.1) is 11.9 Å². The van der Waals surface area contributed by atoms with Gasteiger partial charge in [0.15, 0.2) is 5.78 Å². The molecule has 5 nitrogen and oxygen atoms in total. The van der Waals surface area contributed by atoms with Gasteiger partial charge in [-0.3, -0.25) is 4.79 Å². The first-order chi connectivity index (χ1) is 11.8. The predicted molar refractivity (Wildman–Crippen MR) is 90.7 cm³/mol. The number of hydrogen-bond donors (Lipinski definition) is 0. The number of carbonyl (C=O) groups excluding carboxylic acids is 2. The van der Waals surface area contributed by atoms with Crippen molar-refractivity contribution in [2.24, 2.45) is 5.92 Å². The summed E-state index contributed by atoms with van der Waals surface area (Å²) in [6.07, 6.45) is 4.90. The van der Waals surface area contributed by atoms with E-state index in [1.54, 1.807) is 6.07 Å². The molecule has 2 aliphatic rings. The summed E-state index contributed by atoms with van der Waals surface area (Å²) in [6, 6.07) is 3.03. The normalized spacial score (nSPS) is 26.2. The van der Waals surface area contributed by atoms with Crippen LogP contribution in [0.5, 0.6) is 0 Å². The van der Waals surface area contributed by atoms with Gasteiger partial charge in [0, 0.05) is 24.2 Å². The van der Waals surface area contributed by atoms with Crippen LogP contribution >= 0.6 is 0 Å². The minimum Gasteiger partial charge on any atom is -0.444 e. The quantitative estimate of drug-likeness (QED) is 0.599. The molecule has 2 saturated heterocycles. The number of hydrogen-bond acceptors (Lipinski definition) is 4. The molecule has 2 unspecified atom stereocenters. The van der Waals surface area contributed by atoms with E-state index < -0.39 is 11.5 Å². The molecule has 0 saturated carbocycles. The smallest absolute Gasteiger partial charge is 0.410 e. The summed E-state index contributed by atoms with van der Waals surface area (Å²) in [5, 5.41) is 0. The van der Waals surface area contributed by atoms with Crippen LogP contribution in [0.1, 0.15) is 63.2 Å². The van der Waals surface area contributed by atoms with Crippen LogP contribution < -0.4 is 0 Å². The molecule has 0 radical (unpaired) electrons. The van der Waals surface area contributed by atoms with Crippen LogP contribution in [-0.2, 0) is 4.74 Å². The van der Waals surface area contributed by atoms with Gasteiger partial charge >= 0.3 is 6.09 Å². The van der Waals surface area contributed by atoms with Gasteiger partial charge in [0.25, 0.3) is 0 Å². The Kier molecular flexibility index (Phi) is 4.80. The van der Waals surface area contributed by atoms with Crippen molar-refractivity contribution in [1.29, 1.82) is 0 Å². The molecule has 2 aliphatic heterocycles. The number of amides is 1. The lowest BCUT2D eigenvalue weighted by molar-refractivity contribution is -0.0261. The van der Waals surface area contributed by atoms with Crippen molar-refractivity contribution in [2.45, 2.75) is 70.6 Å². The van der Waals surface area contributed by atoms with Crippen molar-refractivity contribution in [2.75, 3.05) is 0 Å². The first-order valence-electron chi connectivity index (χ1n) is 8.92. The Bertz CT molecular complexity index is 657. The van der Waals surface area contributed by atoms with E-state index in [4.69, 9.17) is 4.74 Å². The molecule has 0 spiro atoms. The summed E-state index contributed by atoms with van der Waals surface area (Å²) < 4.78 is 19.4. The average Bonchev–Trinajstić information content (AvgIpc) is 2.51. The molecule has 0 N–H and O–H groups in total. The van der Waals surface area contributed by atoms with Crippen LogP contribution in [0.15, 0.2) is 18.3 Å². The van der Waals surface area contributed by atoms with Gasteiger partial charge in [0.1, 0.15) is 5.60 Å². The van der Waals surface area contributed by atoms with Gasteiger partial charge in [-0.25, -0.2) is 9.78 Å². The molecule has 0 aromatic carbocycles. The van der Waals surface area contributed by atoms with Crippen LogP contribution in [0.25, 0.3) is 0 Å². The number of fused-ring (bicyclic) bond motifs is 2. The molecule has 2 fully saturated rings. The standard InChI is InChI=1S/C19H25FN2O3/c1-19(2,3)25-18(24)22-13-6-4-7-14(22)11-12(10-13)16(23)15-8-5-9-21-17(15)20/h5,8-9,12-14H,4,6-7,10-11H2,1-3H3. The van der Waals surface area contributed by atoms with Crippen molar-refractivity contribution in [3.63, 3.8) is 0 Å². The molecular weight excluding hydrogens is 323 g/mol. The zero-order valence-corrected chi connectivity index (χ0v) is 15.0. The lowest BCUT2D eigenvalue weighted by Gasteiger charge is -2.48. The lowest BCUT2D eigenvalue weighted by atomic mass is 9.76. The van der Waals surface area contributed by atoms with E-state index in [2.05, 4.69) is 4.98 Å². The van der Waals surface area contributed by atoms with E-state index in [-0.39, 0.29) is 35.4 Å². The van der Waals surface area contributed by atoms with E-state index in [1.807, 2.05) is 25.7 Å². The Morgan fingerprint density at radius 2 is 1.88 bits per heavy atom. The Balaban J connectivity index is 1.76. The number of Topliss-reactive ketones (excluding diaryl/α,β-unsaturated/α-hetero) is 1. The van der Waals surface area contributed by atoms with Crippen molar-refractivity contribution in [1.82, 2.24) is 9.88 Å². The second-order valence-corrected chi connectivity index (χ2v) is 8.00. The second-order valence-electron chi connectivity index (χ2n) is 8.00. The maximum Gasteiger partial charge on any atom is 0.410 e. The van der Waals surface area contributed by atoms with E-state index in [0.717, 1.165) is 19.3 Å². The van der Waals surface area contributed by atoms with Crippen LogP contribution in [0.2, 0.25) is 0 Å². The Labute approximate surface area is 147 Å². The fourth-order valence-corrected chi connectivity index (χ4v) is 4.00. The number of carbonyl (C=O) groups is 2. The molecule has 3 rings (SSSR count). The summed E-state index contributed by atoms with van der Waals surface area (Å²) in [5.74, 6) is -1.19. The number of aromatic nitrogens is 1. The van der Waals surface area contributed by atoms with E-state index in [0.29, 0.717) is 12.8 Å². The second kappa shape index (κ2) is 6.73. The van der Waals surface area contributed by atoms with E-state index >= 15 is 0 Å². The monoisotopic (exact) mass is 348 g/mol. The Morgan fingerprint density at radius 3 is 2.44 bits per heavy atom. The molecule has 0 aliphatic carbocycles. The number of ketones is 1. The summed E-state index contributed by atoms with van der Waals surface area (Å²) in [4.78, 5) is 30.7. The Morgan fingerprint density at radius 1 is 1.24 bits per heavy atom. The zero-order chi connectivity index (χ0) is 18.2. The van der Waals surface area contributed by atoms with Crippen molar-refractivity contribution in [3.05, 3.63) is 29.8 Å². The third-order valence-corrected chi connectivity index (χ3v) is 4.97. The largest absolute Gasteiger partial charge is 0.444 e. The first kappa shape index (κ1) is 17.8. The van der Waals surface area contributed by atoms with Crippen molar-refractivity contribution < 1.29 is 18.7 Å². The predicted octanol–water partition coefficient (Wildman–Crippen LogP) is 3.97.